The number of nitrogens with one attached hydrogen (secondary N) is 1. The monoisotopic (exact) mass is 380 g/mol. The molecule has 0 aliphatic carbocycles. The number of halogens is 1. The first-order valence-electron chi connectivity index (χ1n) is 8.67. The molecule has 0 saturated carbocycles. The largest absolute Gasteiger partial charge is 0.322 e. The average molecular weight is 380 g/mol. The van der Waals surface area contributed by atoms with Crippen molar-refractivity contribution in [3.63, 3.8) is 0 Å². The van der Waals surface area contributed by atoms with Gasteiger partial charge in [0.05, 0.1) is 4.88 Å². The minimum atomic E-state index is -0.458. The third-order valence-electron chi connectivity index (χ3n) is 4.53. The van der Waals surface area contributed by atoms with Crippen molar-refractivity contribution in [2.45, 2.75) is 12.8 Å². The molecule has 2 aromatic carbocycles. The van der Waals surface area contributed by atoms with Gasteiger partial charge in [-0.1, -0.05) is 18.2 Å². The third-order valence-corrected chi connectivity index (χ3v) is 5.38. The molecule has 1 aliphatic heterocycles. The molecular weight excluding hydrogens is 363 g/mol. The number of hydrogen-bond donors (Lipinski definition) is 1. The normalized spacial score (nSPS) is 13.1. The van der Waals surface area contributed by atoms with Gasteiger partial charge < -0.3 is 10.2 Å². The maximum Gasteiger partial charge on any atom is 0.268 e. The maximum absolute atomic E-state index is 13.3. The number of carbonyl (C=O) groups excluding carboxylic acids is 2. The van der Waals surface area contributed by atoms with Gasteiger partial charge in [0, 0.05) is 23.5 Å². The van der Waals surface area contributed by atoms with Crippen molar-refractivity contribution in [1.82, 2.24) is 0 Å². The number of thiophene rings is 1. The van der Waals surface area contributed by atoms with Crippen LogP contribution in [0.5, 0.6) is 0 Å². The summed E-state index contributed by atoms with van der Waals surface area (Å²) in [5.41, 5.74) is 2.72. The first-order valence-corrected chi connectivity index (χ1v) is 9.55. The van der Waals surface area contributed by atoms with Crippen LogP contribution in [0.4, 0.5) is 15.8 Å². The molecule has 1 aromatic heterocycles. The number of nitrogens with zero attached hydrogens (tertiary/aromatic N) is 1. The molecule has 4 nitrogen and oxygen atoms in total. The van der Waals surface area contributed by atoms with Gasteiger partial charge in [-0.3, -0.25) is 9.59 Å². The molecule has 1 aliphatic rings. The molecule has 2 amide bonds. The lowest BCUT2D eigenvalue weighted by atomic mass is 10.0. The number of aryl methyl sites for hydroxylation is 1. The van der Waals surface area contributed by atoms with Gasteiger partial charge in [-0.05, 0) is 60.2 Å². The summed E-state index contributed by atoms with van der Waals surface area (Å²) in [7, 11) is 0. The number of fused-ring (bicyclic) bond motifs is 1. The molecule has 0 fully saturated rings. The van der Waals surface area contributed by atoms with Gasteiger partial charge in [-0.15, -0.1) is 11.3 Å². The molecule has 6 heteroatoms. The van der Waals surface area contributed by atoms with Crippen LogP contribution in [-0.4, -0.2) is 18.4 Å². The van der Waals surface area contributed by atoms with Crippen molar-refractivity contribution in [2.24, 2.45) is 0 Å². The maximum atomic E-state index is 13.3. The van der Waals surface area contributed by atoms with E-state index < -0.39 is 5.82 Å². The Kier molecular flexibility index (Phi) is 4.73. The van der Waals surface area contributed by atoms with E-state index in [2.05, 4.69) is 5.32 Å². The van der Waals surface area contributed by atoms with Crippen LogP contribution in [0.2, 0.25) is 0 Å². The summed E-state index contributed by atoms with van der Waals surface area (Å²) in [5.74, 6) is -0.873. The Hall–Kier alpha value is -2.99. The molecular formula is C21H17FN2O2S. The lowest BCUT2D eigenvalue weighted by Crippen LogP contribution is -2.35. The van der Waals surface area contributed by atoms with Crippen molar-refractivity contribution >= 4 is 34.5 Å². The highest BCUT2D eigenvalue weighted by Gasteiger charge is 2.24. The second-order valence-corrected chi connectivity index (χ2v) is 7.29. The quantitative estimate of drug-likeness (QED) is 0.714. The summed E-state index contributed by atoms with van der Waals surface area (Å²) in [6, 6.07) is 14.8. The van der Waals surface area contributed by atoms with E-state index in [-0.39, 0.29) is 17.4 Å². The van der Waals surface area contributed by atoms with Crippen LogP contribution in [0.15, 0.2) is 60.0 Å². The predicted molar refractivity (Wildman–Crippen MR) is 105 cm³/mol. The lowest BCUT2D eigenvalue weighted by Gasteiger charge is -2.29. The molecule has 3 aromatic rings. The van der Waals surface area contributed by atoms with Crippen molar-refractivity contribution in [3.8, 4) is 0 Å². The molecule has 0 unspecified atom stereocenters. The molecule has 0 spiro atoms. The van der Waals surface area contributed by atoms with Gasteiger partial charge in [-0.25, -0.2) is 4.39 Å². The van der Waals surface area contributed by atoms with Gasteiger partial charge in [0.15, 0.2) is 0 Å². The third kappa shape index (κ3) is 3.61. The second-order valence-electron chi connectivity index (χ2n) is 6.35. The Morgan fingerprint density at radius 3 is 2.74 bits per heavy atom. The first kappa shape index (κ1) is 17.4. The van der Waals surface area contributed by atoms with E-state index in [9.17, 15) is 14.0 Å². The van der Waals surface area contributed by atoms with E-state index in [1.807, 2.05) is 35.7 Å². The van der Waals surface area contributed by atoms with Gasteiger partial charge in [0.2, 0.25) is 0 Å². The average Bonchev–Trinajstić information content (AvgIpc) is 3.22. The summed E-state index contributed by atoms with van der Waals surface area (Å²) in [6.07, 6.45) is 1.79. The number of hydrogen-bond acceptors (Lipinski definition) is 3. The SMILES string of the molecule is O=C(Nc1ccc2c(c1)N(C(=O)c1cccs1)CCC2)c1cccc(F)c1. The molecule has 2 heterocycles. The molecule has 0 atom stereocenters. The fraction of sp³-hybridized carbons (Fsp3) is 0.143. The first-order chi connectivity index (χ1) is 13.1. The van der Waals surface area contributed by atoms with Gasteiger partial charge in [0.25, 0.3) is 11.8 Å². The smallest absolute Gasteiger partial charge is 0.268 e. The predicted octanol–water partition coefficient (Wildman–Crippen LogP) is 4.73. The van der Waals surface area contributed by atoms with Crippen molar-refractivity contribution in [1.29, 1.82) is 0 Å². The Balaban J connectivity index is 1.61. The van der Waals surface area contributed by atoms with Crippen LogP contribution in [0.3, 0.4) is 0 Å². The molecule has 4 rings (SSSR count). The van der Waals surface area contributed by atoms with Crippen molar-refractivity contribution in [3.05, 3.63) is 81.8 Å². The van der Waals surface area contributed by atoms with Crippen LogP contribution in [-0.2, 0) is 6.42 Å². The highest BCUT2D eigenvalue weighted by atomic mass is 32.1. The zero-order valence-electron chi connectivity index (χ0n) is 14.4. The van der Waals surface area contributed by atoms with E-state index in [0.29, 0.717) is 17.1 Å². The summed E-state index contributed by atoms with van der Waals surface area (Å²) in [5, 5.41) is 4.67. The Labute approximate surface area is 160 Å². The number of anilines is 2. The number of rotatable bonds is 3. The highest BCUT2D eigenvalue weighted by molar-refractivity contribution is 7.12. The Bertz CT molecular complexity index is 1000. The fourth-order valence-electron chi connectivity index (χ4n) is 3.23. The minimum absolute atomic E-state index is 0.0282. The number of benzene rings is 2. The summed E-state index contributed by atoms with van der Waals surface area (Å²) in [4.78, 5) is 27.7. The van der Waals surface area contributed by atoms with Crippen LogP contribution in [0.25, 0.3) is 0 Å². The molecule has 0 saturated heterocycles. The van der Waals surface area contributed by atoms with Crippen LogP contribution >= 0.6 is 11.3 Å². The van der Waals surface area contributed by atoms with E-state index in [1.165, 1.54) is 29.5 Å². The van der Waals surface area contributed by atoms with E-state index in [4.69, 9.17) is 0 Å². The topological polar surface area (TPSA) is 49.4 Å². The highest BCUT2D eigenvalue weighted by Crippen LogP contribution is 2.32. The van der Waals surface area contributed by atoms with Crippen LogP contribution in [0.1, 0.15) is 32.0 Å². The number of carbonyl (C=O) groups is 2. The zero-order chi connectivity index (χ0) is 18.8. The van der Waals surface area contributed by atoms with Crippen molar-refractivity contribution < 1.29 is 14.0 Å². The lowest BCUT2D eigenvalue weighted by molar-refractivity contribution is 0.0987. The number of amides is 2. The van der Waals surface area contributed by atoms with Gasteiger partial charge in [0.1, 0.15) is 5.82 Å². The molecule has 0 radical (unpaired) electrons. The Morgan fingerprint density at radius 1 is 1.07 bits per heavy atom. The van der Waals surface area contributed by atoms with E-state index >= 15 is 0 Å². The summed E-state index contributed by atoms with van der Waals surface area (Å²) >= 11 is 1.42. The Morgan fingerprint density at radius 2 is 1.96 bits per heavy atom. The van der Waals surface area contributed by atoms with E-state index in [1.54, 1.807) is 11.0 Å². The molecule has 0 bridgehead atoms. The van der Waals surface area contributed by atoms with Gasteiger partial charge >= 0.3 is 0 Å². The molecule has 27 heavy (non-hydrogen) atoms. The van der Waals surface area contributed by atoms with Crippen LogP contribution < -0.4 is 10.2 Å². The summed E-state index contributed by atoms with van der Waals surface area (Å²) in [6.45, 7) is 0.644. The second kappa shape index (κ2) is 7.32. The van der Waals surface area contributed by atoms with E-state index in [0.717, 1.165) is 24.1 Å². The van der Waals surface area contributed by atoms with Crippen LogP contribution in [0, 0.1) is 5.82 Å². The summed E-state index contributed by atoms with van der Waals surface area (Å²) < 4.78 is 13.3. The zero-order valence-corrected chi connectivity index (χ0v) is 15.3. The molecule has 136 valence electrons. The fourth-order valence-corrected chi connectivity index (χ4v) is 3.90. The van der Waals surface area contributed by atoms with Crippen molar-refractivity contribution in [2.75, 3.05) is 16.8 Å². The van der Waals surface area contributed by atoms with Gasteiger partial charge in [-0.2, -0.15) is 0 Å². The molecule has 1 N–H and O–H groups in total. The minimum Gasteiger partial charge on any atom is -0.322 e. The standard InChI is InChI=1S/C21H17FN2O2S/c22-16-6-1-4-15(12-16)20(25)23-17-9-8-14-5-2-10-24(18(14)13-17)21(26)19-7-3-11-27-19/h1,3-4,6-9,11-13H,2,5,10H2,(H,23,25).